The molecule has 0 aliphatic carbocycles. The molecule has 1 aromatic heterocycles. The first kappa shape index (κ1) is 13.4. The summed E-state index contributed by atoms with van der Waals surface area (Å²) in [5.74, 6) is -2.08. The highest BCUT2D eigenvalue weighted by molar-refractivity contribution is 5.99. The van der Waals surface area contributed by atoms with Gasteiger partial charge in [0.05, 0.1) is 11.1 Å². The van der Waals surface area contributed by atoms with Crippen molar-refractivity contribution < 1.29 is 13.6 Å². The Morgan fingerprint density at radius 3 is 2.71 bits per heavy atom. The van der Waals surface area contributed by atoms with Gasteiger partial charge in [0.2, 0.25) is 0 Å². The maximum atomic E-state index is 13.7. The third-order valence-electron chi connectivity index (χ3n) is 3.32. The number of fused-ring (bicyclic) bond motifs is 1. The van der Waals surface area contributed by atoms with Gasteiger partial charge in [-0.1, -0.05) is 17.3 Å². The number of aromatic nitrogens is 3. The number of carbonyl (C=O) groups excluding carboxylic acids is 1. The molecule has 2 aromatic carbocycles. The number of rotatable bonds is 3. The van der Waals surface area contributed by atoms with Gasteiger partial charge >= 0.3 is 0 Å². The maximum Gasteiger partial charge on any atom is 0.190 e. The molecule has 106 valence electrons. The zero-order chi connectivity index (χ0) is 15.0. The molecule has 4 nitrogen and oxygen atoms in total. The Balaban J connectivity index is 2.01. The average Bonchev–Trinajstić information content (AvgIpc) is 2.90. The molecule has 3 rings (SSSR count). The van der Waals surface area contributed by atoms with Crippen LogP contribution in [0.1, 0.15) is 23.3 Å². The minimum atomic E-state index is -0.878. The number of halogens is 2. The standard InChI is InChI=1S/C15H11F2N3O/c1-9(15(21)11-7-6-10(16)8-12(11)17)20-14-5-3-2-4-13(14)18-19-20/h2-9H,1H3. The Morgan fingerprint density at radius 1 is 1.19 bits per heavy atom. The minimum absolute atomic E-state index is 0.163. The van der Waals surface area contributed by atoms with Crippen molar-refractivity contribution >= 4 is 16.8 Å². The quantitative estimate of drug-likeness (QED) is 0.695. The van der Waals surface area contributed by atoms with E-state index in [2.05, 4.69) is 10.3 Å². The number of hydrogen-bond acceptors (Lipinski definition) is 3. The van der Waals surface area contributed by atoms with Crippen molar-refractivity contribution in [1.29, 1.82) is 0 Å². The van der Waals surface area contributed by atoms with Gasteiger partial charge < -0.3 is 0 Å². The van der Waals surface area contributed by atoms with Gasteiger partial charge in [0.15, 0.2) is 5.78 Å². The van der Waals surface area contributed by atoms with Gasteiger partial charge in [-0.3, -0.25) is 4.79 Å². The summed E-state index contributed by atoms with van der Waals surface area (Å²) in [6, 6.07) is 9.32. The summed E-state index contributed by atoms with van der Waals surface area (Å²) in [5, 5.41) is 7.90. The van der Waals surface area contributed by atoms with Crippen molar-refractivity contribution in [2.24, 2.45) is 0 Å². The number of nitrogens with zero attached hydrogens (tertiary/aromatic N) is 3. The first-order chi connectivity index (χ1) is 10.1. The molecular weight excluding hydrogens is 276 g/mol. The second-order valence-corrected chi connectivity index (χ2v) is 4.69. The molecule has 0 saturated heterocycles. The third-order valence-corrected chi connectivity index (χ3v) is 3.32. The van der Waals surface area contributed by atoms with Gasteiger partial charge in [0, 0.05) is 6.07 Å². The monoisotopic (exact) mass is 287 g/mol. The van der Waals surface area contributed by atoms with Crippen LogP contribution in [-0.2, 0) is 0 Å². The van der Waals surface area contributed by atoms with Crippen molar-refractivity contribution in [3.63, 3.8) is 0 Å². The Kier molecular flexibility index (Phi) is 3.21. The van der Waals surface area contributed by atoms with Crippen LogP contribution in [-0.4, -0.2) is 20.8 Å². The molecule has 0 saturated carbocycles. The Labute approximate surface area is 119 Å². The molecule has 0 radical (unpaired) electrons. The highest BCUT2D eigenvalue weighted by Gasteiger charge is 2.23. The molecule has 1 unspecified atom stereocenters. The maximum absolute atomic E-state index is 13.7. The molecule has 0 spiro atoms. The SMILES string of the molecule is CC(C(=O)c1ccc(F)cc1F)n1nnc2ccccc21. The Morgan fingerprint density at radius 2 is 1.95 bits per heavy atom. The van der Waals surface area contributed by atoms with Gasteiger partial charge in [0.25, 0.3) is 0 Å². The number of benzene rings is 2. The molecule has 21 heavy (non-hydrogen) atoms. The average molecular weight is 287 g/mol. The lowest BCUT2D eigenvalue weighted by atomic mass is 10.0. The second kappa shape index (κ2) is 5.05. The molecule has 0 aliphatic rings. The summed E-state index contributed by atoms with van der Waals surface area (Å²) in [5.41, 5.74) is 1.17. The number of Topliss-reactive ketones (excluding diaryl/α,β-unsaturated/α-hetero) is 1. The molecule has 3 aromatic rings. The summed E-state index contributed by atoms with van der Waals surface area (Å²) in [6.07, 6.45) is 0. The minimum Gasteiger partial charge on any atom is -0.292 e. The molecular formula is C15H11F2N3O. The predicted molar refractivity (Wildman–Crippen MR) is 72.9 cm³/mol. The second-order valence-electron chi connectivity index (χ2n) is 4.69. The van der Waals surface area contributed by atoms with Crippen LogP contribution < -0.4 is 0 Å². The van der Waals surface area contributed by atoms with Gasteiger partial charge in [-0.2, -0.15) is 0 Å². The van der Waals surface area contributed by atoms with Crippen LogP contribution in [0.5, 0.6) is 0 Å². The normalized spacial score (nSPS) is 12.5. The fourth-order valence-corrected chi connectivity index (χ4v) is 2.20. The number of carbonyl (C=O) groups is 1. The lowest BCUT2D eigenvalue weighted by molar-refractivity contribution is 0.0925. The van der Waals surface area contributed by atoms with Crippen LogP contribution in [0.2, 0.25) is 0 Å². The van der Waals surface area contributed by atoms with E-state index in [1.165, 1.54) is 4.68 Å². The van der Waals surface area contributed by atoms with Crippen molar-refractivity contribution in [2.45, 2.75) is 13.0 Å². The van der Waals surface area contributed by atoms with Gasteiger partial charge in [0.1, 0.15) is 23.2 Å². The van der Waals surface area contributed by atoms with E-state index in [4.69, 9.17) is 0 Å². The van der Waals surface area contributed by atoms with E-state index in [0.717, 1.165) is 12.1 Å². The van der Waals surface area contributed by atoms with E-state index in [9.17, 15) is 13.6 Å². The van der Waals surface area contributed by atoms with Crippen LogP contribution in [0.4, 0.5) is 8.78 Å². The van der Waals surface area contributed by atoms with E-state index in [1.807, 2.05) is 6.07 Å². The first-order valence-electron chi connectivity index (χ1n) is 6.37. The molecule has 1 atom stereocenters. The Bertz CT molecular complexity index is 829. The van der Waals surface area contributed by atoms with E-state index >= 15 is 0 Å². The summed E-state index contributed by atoms with van der Waals surface area (Å²) in [7, 11) is 0. The van der Waals surface area contributed by atoms with E-state index in [1.54, 1.807) is 25.1 Å². The van der Waals surface area contributed by atoms with Crippen LogP contribution in [0.25, 0.3) is 11.0 Å². The van der Waals surface area contributed by atoms with E-state index in [0.29, 0.717) is 17.1 Å². The topological polar surface area (TPSA) is 47.8 Å². The molecule has 0 amide bonds. The van der Waals surface area contributed by atoms with E-state index < -0.39 is 23.5 Å². The first-order valence-corrected chi connectivity index (χ1v) is 6.37. The highest BCUT2D eigenvalue weighted by atomic mass is 19.1. The van der Waals surface area contributed by atoms with Crippen molar-refractivity contribution in [2.75, 3.05) is 0 Å². The smallest absolute Gasteiger partial charge is 0.190 e. The molecule has 0 aliphatic heterocycles. The van der Waals surface area contributed by atoms with Crippen LogP contribution in [0, 0.1) is 11.6 Å². The fraction of sp³-hybridized carbons (Fsp3) is 0.133. The molecule has 6 heteroatoms. The van der Waals surface area contributed by atoms with E-state index in [-0.39, 0.29) is 5.56 Å². The molecule has 1 heterocycles. The lowest BCUT2D eigenvalue weighted by Crippen LogP contribution is -2.19. The Hall–Kier alpha value is -2.63. The zero-order valence-corrected chi connectivity index (χ0v) is 11.1. The van der Waals surface area contributed by atoms with Gasteiger partial charge in [-0.25, -0.2) is 13.5 Å². The van der Waals surface area contributed by atoms with Gasteiger partial charge in [-0.05, 0) is 31.2 Å². The highest BCUT2D eigenvalue weighted by Crippen LogP contribution is 2.21. The fourth-order valence-electron chi connectivity index (χ4n) is 2.20. The third kappa shape index (κ3) is 2.29. The van der Waals surface area contributed by atoms with Crippen LogP contribution in [0.3, 0.4) is 0 Å². The van der Waals surface area contributed by atoms with Crippen LogP contribution >= 0.6 is 0 Å². The van der Waals surface area contributed by atoms with Gasteiger partial charge in [-0.15, -0.1) is 5.10 Å². The summed E-state index contributed by atoms with van der Waals surface area (Å²) < 4.78 is 28.1. The molecule has 0 fully saturated rings. The summed E-state index contributed by atoms with van der Waals surface area (Å²) in [6.45, 7) is 1.60. The lowest BCUT2D eigenvalue weighted by Gasteiger charge is -2.12. The number of hydrogen-bond donors (Lipinski definition) is 0. The summed E-state index contributed by atoms with van der Waals surface area (Å²) in [4.78, 5) is 12.4. The number of para-hydroxylation sites is 1. The molecule has 0 N–H and O–H groups in total. The van der Waals surface area contributed by atoms with Crippen molar-refractivity contribution in [3.05, 3.63) is 59.7 Å². The summed E-state index contributed by atoms with van der Waals surface area (Å²) >= 11 is 0. The van der Waals surface area contributed by atoms with Crippen molar-refractivity contribution in [3.8, 4) is 0 Å². The van der Waals surface area contributed by atoms with Crippen LogP contribution in [0.15, 0.2) is 42.5 Å². The zero-order valence-electron chi connectivity index (χ0n) is 11.1. The number of ketones is 1. The predicted octanol–water partition coefficient (Wildman–Crippen LogP) is 3.15. The molecule has 0 bridgehead atoms. The largest absolute Gasteiger partial charge is 0.292 e. The van der Waals surface area contributed by atoms with Crippen molar-refractivity contribution in [1.82, 2.24) is 15.0 Å².